The van der Waals surface area contributed by atoms with Crippen LogP contribution in [0.4, 0.5) is 5.69 Å². The zero-order valence-corrected chi connectivity index (χ0v) is 11.0. The second kappa shape index (κ2) is 4.89. The molecule has 0 atom stereocenters. The normalized spacial score (nSPS) is 10.4. The molecule has 0 aliphatic carbocycles. The average Bonchev–Trinajstić information content (AvgIpc) is 2.60. The van der Waals surface area contributed by atoms with Crippen LogP contribution < -0.4 is 5.32 Å². The van der Waals surface area contributed by atoms with Gasteiger partial charge in [-0.25, -0.2) is 0 Å². The van der Waals surface area contributed by atoms with E-state index in [0.717, 1.165) is 10.9 Å². The van der Waals surface area contributed by atoms with Crippen LogP contribution in [0.1, 0.15) is 16.0 Å². The van der Waals surface area contributed by atoms with E-state index in [1.54, 1.807) is 11.3 Å². The Bertz CT molecular complexity index is 470. The van der Waals surface area contributed by atoms with Crippen LogP contribution in [-0.2, 0) is 6.54 Å². The van der Waals surface area contributed by atoms with Crippen molar-refractivity contribution < 1.29 is 0 Å². The van der Waals surface area contributed by atoms with Crippen molar-refractivity contribution in [3.8, 4) is 0 Å². The van der Waals surface area contributed by atoms with Crippen LogP contribution in [0.15, 0.2) is 30.3 Å². The first kappa shape index (κ1) is 11.5. The van der Waals surface area contributed by atoms with Gasteiger partial charge in [-0.2, -0.15) is 0 Å². The van der Waals surface area contributed by atoms with Gasteiger partial charge in [0.25, 0.3) is 0 Å². The van der Waals surface area contributed by atoms with Crippen molar-refractivity contribution in [3.05, 3.63) is 50.7 Å². The molecule has 3 heteroatoms. The molecule has 0 saturated carbocycles. The number of anilines is 1. The summed E-state index contributed by atoms with van der Waals surface area (Å²) < 4.78 is 0.845. The standard InChI is InChI=1S/C13H14ClNS/c1-9-5-10(2)7-11(6-9)15-8-12-3-4-13(14)16-12/h3-7,15H,8H2,1-2H3. The van der Waals surface area contributed by atoms with Crippen molar-refractivity contribution in [1.82, 2.24) is 0 Å². The molecule has 16 heavy (non-hydrogen) atoms. The Morgan fingerprint density at radius 1 is 1.12 bits per heavy atom. The number of rotatable bonds is 3. The van der Waals surface area contributed by atoms with Gasteiger partial charge in [0, 0.05) is 17.1 Å². The molecule has 1 N–H and O–H groups in total. The number of thiophene rings is 1. The number of aryl methyl sites for hydroxylation is 2. The Hall–Kier alpha value is -0.990. The van der Waals surface area contributed by atoms with E-state index in [2.05, 4.69) is 43.4 Å². The molecule has 1 aromatic heterocycles. The maximum atomic E-state index is 5.88. The Morgan fingerprint density at radius 2 is 1.81 bits per heavy atom. The fourth-order valence-electron chi connectivity index (χ4n) is 1.71. The minimum absolute atomic E-state index is 0.834. The van der Waals surface area contributed by atoms with Gasteiger partial charge in [0.05, 0.1) is 4.34 Å². The summed E-state index contributed by atoms with van der Waals surface area (Å²) in [7, 11) is 0. The van der Waals surface area contributed by atoms with Crippen LogP contribution in [-0.4, -0.2) is 0 Å². The molecule has 0 spiro atoms. The quantitative estimate of drug-likeness (QED) is 0.839. The Morgan fingerprint density at radius 3 is 2.38 bits per heavy atom. The van der Waals surface area contributed by atoms with Gasteiger partial charge in [-0.15, -0.1) is 11.3 Å². The predicted molar refractivity (Wildman–Crippen MR) is 72.6 cm³/mol. The van der Waals surface area contributed by atoms with Crippen molar-refractivity contribution in [2.75, 3.05) is 5.32 Å². The van der Waals surface area contributed by atoms with Gasteiger partial charge < -0.3 is 5.32 Å². The lowest BCUT2D eigenvalue weighted by Gasteiger charge is -2.07. The molecular formula is C13H14ClNS. The molecule has 84 valence electrons. The lowest BCUT2D eigenvalue weighted by molar-refractivity contribution is 1.18. The van der Waals surface area contributed by atoms with Crippen molar-refractivity contribution in [2.45, 2.75) is 20.4 Å². The van der Waals surface area contributed by atoms with Crippen LogP contribution in [0.2, 0.25) is 4.34 Å². The van der Waals surface area contributed by atoms with Crippen LogP contribution in [0.3, 0.4) is 0 Å². The Kier molecular flexibility index (Phi) is 3.52. The van der Waals surface area contributed by atoms with Gasteiger partial charge >= 0.3 is 0 Å². The minimum atomic E-state index is 0.834. The number of hydrogen-bond donors (Lipinski definition) is 1. The third-order valence-corrected chi connectivity index (χ3v) is 3.55. The molecule has 0 fully saturated rings. The van der Waals surface area contributed by atoms with E-state index in [9.17, 15) is 0 Å². The highest BCUT2D eigenvalue weighted by molar-refractivity contribution is 7.16. The van der Waals surface area contributed by atoms with Crippen LogP contribution >= 0.6 is 22.9 Å². The molecule has 1 nitrogen and oxygen atoms in total. The predicted octanol–water partition coefficient (Wildman–Crippen LogP) is 4.63. The fourth-order valence-corrected chi connectivity index (χ4v) is 2.74. The van der Waals surface area contributed by atoms with E-state index in [1.807, 2.05) is 6.07 Å². The summed E-state index contributed by atoms with van der Waals surface area (Å²) in [6.45, 7) is 5.06. The summed E-state index contributed by atoms with van der Waals surface area (Å²) >= 11 is 7.50. The van der Waals surface area contributed by atoms with E-state index >= 15 is 0 Å². The first-order chi connectivity index (χ1) is 7.63. The summed E-state index contributed by atoms with van der Waals surface area (Å²) in [5, 5.41) is 3.41. The van der Waals surface area contributed by atoms with Gasteiger partial charge in [-0.05, 0) is 49.2 Å². The molecule has 0 aliphatic rings. The van der Waals surface area contributed by atoms with Gasteiger partial charge in [0.1, 0.15) is 0 Å². The van der Waals surface area contributed by atoms with Crippen molar-refractivity contribution in [1.29, 1.82) is 0 Å². The van der Waals surface area contributed by atoms with Crippen LogP contribution in [0.5, 0.6) is 0 Å². The fraction of sp³-hybridized carbons (Fsp3) is 0.231. The Labute approximate surface area is 105 Å². The molecule has 0 amide bonds. The molecule has 0 radical (unpaired) electrons. The summed E-state index contributed by atoms with van der Waals surface area (Å²) in [6.07, 6.45) is 0. The van der Waals surface area contributed by atoms with Gasteiger partial charge in [0.2, 0.25) is 0 Å². The second-order valence-electron chi connectivity index (χ2n) is 3.94. The zero-order valence-electron chi connectivity index (χ0n) is 9.38. The van der Waals surface area contributed by atoms with E-state index < -0.39 is 0 Å². The van der Waals surface area contributed by atoms with Crippen molar-refractivity contribution in [2.24, 2.45) is 0 Å². The first-order valence-electron chi connectivity index (χ1n) is 5.20. The van der Waals surface area contributed by atoms with E-state index in [-0.39, 0.29) is 0 Å². The number of halogens is 1. The van der Waals surface area contributed by atoms with Crippen LogP contribution in [0, 0.1) is 13.8 Å². The molecule has 2 rings (SSSR count). The smallest absolute Gasteiger partial charge is 0.0931 e. The lowest BCUT2D eigenvalue weighted by Crippen LogP contribution is -1.97. The molecule has 1 aromatic carbocycles. The first-order valence-corrected chi connectivity index (χ1v) is 6.39. The topological polar surface area (TPSA) is 12.0 Å². The largest absolute Gasteiger partial charge is 0.380 e. The average molecular weight is 252 g/mol. The van der Waals surface area contributed by atoms with Crippen molar-refractivity contribution >= 4 is 28.6 Å². The van der Waals surface area contributed by atoms with E-state index in [0.29, 0.717) is 0 Å². The number of benzene rings is 1. The molecule has 2 aromatic rings. The molecular weight excluding hydrogens is 238 g/mol. The number of hydrogen-bond acceptors (Lipinski definition) is 2. The van der Waals surface area contributed by atoms with Crippen LogP contribution in [0.25, 0.3) is 0 Å². The molecule has 1 heterocycles. The summed E-state index contributed by atoms with van der Waals surface area (Å²) in [6, 6.07) is 10.5. The maximum Gasteiger partial charge on any atom is 0.0931 e. The SMILES string of the molecule is Cc1cc(C)cc(NCc2ccc(Cl)s2)c1. The highest BCUT2D eigenvalue weighted by Gasteiger charge is 1.99. The Balaban J connectivity index is 2.04. The zero-order chi connectivity index (χ0) is 11.5. The lowest BCUT2D eigenvalue weighted by atomic mass is 10.1. The highest BCUT2D eigenvalue weighted by atomic mass is 35.5. The maximum absolute atomic E-state index is 5.88. The van der Waals surface area contributed by atoms with Gasteiger partial charge in [0.15, 0.2) is 0 Å². The molecule has 0 saturated heterocycles. The minimum Gasteiger partial charge on any atom is -0.380 e. The third-order valence-electron chi connectivity index (χ3n) is 2.32. The highest BCUT2D eigenvalue weighted by Crippen LogP contribution is 2.22. The van der Waals surface area contributed by atoms with Crippen molar-refractivity contribution in [3.63, 3.8) is 0 Å². The second-order valence-corrected chi connectivity index (χ2v) is 5.74. The summed E-state index contributed by atoms with van der Waals surface area (Å²) in [5.74, 6) is 0. The molecule has 0 bridgehead atoms. The summed E-state index contributed by atoms with van der Waals surface area (Å²) in [5.41, 5.74) is 3.74. The summed E-state index contributed by atoms with van der Waals surface area (Å²) in [4.78, 5) is 1.25. The molecule has 0 unspecified atom stereocenters. The number of nitrogens with one attached hydrogen (secondary N) is 1. The third kappa shape index (κ3) is 3.00. The van der Waals surface area contributed by atoms with E-state index in [1.165, 1.54) is 21.7 Å². The monoisotopic (exact) mass is 251 g/mol. The van der Waals surface area contributed by atoms with Gasteiger partial charge in [-0.3, -0.25) is 0 Å². The molecule has 0 aliphatic heterocycles. The van der Waals surface area contributed by atoms with Gasteiger partial charge in [-0.1, -0.05) is 17.7 Å². The van der Waals surface area contributed by atoms with E-state index in [4.69, 9.17) is 11.6 Å².